The molecule has 0 bridgehead atoms. The van der Waals surface area contributed by atoms with E-state index in [9.17, 15) is 10.1 Å². The minimum absolute atomic E-state index is 0.0157. The van der Waals surface area contributed by atoms with Gasteiger partial charge in [0.2, 0.25) is 23.4 Å². The summed E-state index contributed by atoms with van der Waals surface area (Å²) >= 11 is 1.48. The normalized spacial score (nSPS) is 24.7. The average Bonchev–Trinajstić information content (AvgIpc) is 3.36. The molecule has 2 saturated heterocycles. The minimum atomic E-state index is -0.634. The number of carbonyl (C=O) groups excluding carboxylic acids is 1. The third kappa shape index (κ3) is 5.04. The minimum Gasteiger partial charge on any atom is -0.389 e. The SMILES string of the molecule is C=CC(=O)N1CCN(c2cc(N[C@@H](C)[C@@H]3CCCN3C)nc(-c3noc([C@@]4(C)CCCc5sc(N)c(C#N)c54)n3)n2)CC12CC2. The Morgan fingerprint density at radius 1 is 1.24 bits per heavy atom. The number of piperazine rings is 1. The van der Waals surface area contributed by atoms with Crippen LogP contribution in [0.25, 0.3) is 11.6 Å². The highest BCUT2D eigenvalue weighted by molar-refractivity contribution is 7.16. The van der Waals surface area contributed by atoms with Crippen LogP contribution in [0.1, 0.15) is 74.3 Å². The number of carbonyl (C=O) groups is 1. The van der Waals surface area contributed by atoms with Gasteiger partial charge in [-0.2, -0.15) is 10.2 Å². The summed E-state index contributed by atoms with van der Waals surface area (Å²) < 4.78 is 5.94. The predicted molar refractivity (Wildman–Crippen MR) is 173 cm³/mol. The number of aromatic nitrogens is 4. The topological polar surface area (TPSA) is 153 Å². The van der Waals surface area contributed by atoms with E-state index in [0.717, 1.165) is 61.3 Å². The van der Waals surface area contributed by atoms with Gasteiger partial charge < -0.3 is 30.3 Å². The molecule has 1 spiro atoms. The van der Waals surface area contributed by atoms with E-state index in [-0.39, 0.29) is 17.5 Å². The van der Waals surface area contributed by atoms with E-state index >= 15 is 0 Å². The number of amides is 1. The highest BCUT2D eigenvalue weighted by Gasteiger charge is 2.53. The molecule has 3 fully saturated rings. The van der Waals surface area contributed by atoms with Crippen LogP contribution in [0.3, 0.4) is 0 Å². The molecule has 236 valence electrons. The van der Waals surface area contributed by atoms with Crippen molar-refractivity contribution in [3.8, 4) is 17.7 Å². The fraction of sp³-hybridized carbons (Fsp3) is 0.562. The summed E-state index contributed by atoms with van der Waals surface area (Å²) in [6.07, 6.45) is 8.22. The second-order valence-electron chi connectivity index (χ2n) is 13.3. The van der Waals surface area contributed by atoms with E-state index in [4.69, 9.17) is 25.2 Å². The van der Waals surface area contributed by atoms with Crippen molar-refractivity contribution in [2.24, 2.45) is 0 Å². The van der Waals surface area contributed by atoms with Crippen LogP contribution in [-0.2, 0) is 16.6 Å². The van der Waals surface area contributed by atoms with E-state index < -0.39 is 5.41 Å². The lowest BCUT2D eigenvalue weighted by Gasteiger charge is -2.42. The number of hydrogen-bond acceptors (Lipinski definition) is 12. The van der Waals surface area contributed by atoms with Crippen LogP contribution in [0.4, 0.5) is 16.6 Å². The molecule has 4 aliphatic rings. The maximum Gasteiger partial charge on any atom is 0.246 e. The van der Waals surface area contributed by atoms with Gasteiger partial charge in [0.15, 0.2) is 0 Å². The summed E-state index contributed by atoms with van der Waals surface area (Å²) in [6, 6.07) is 4.88. The Morgan fingerprint density at radius 3 is 2.78 bits per heavy atom. The maximum absolute atomic E-state index is 12.6. The molecule has 1 amide bonds. The fourth-order valence-corrected chi connectivity index (χ4v) is 8.91. The lowest BCUT2D eigenvalue weighted by atomic mass is 9.72. The van der Waals surface area contributed by atoms with Gasteiger partial charge in [-0.3, -0.25) is 4.79 Å². The Bertz CT molecular complexity index is 1690. The molecule has 7 rings (SSSR count). The van der Waals surface area contributed by atoms with Gasteiger partial charge in [-0.15, -0.1) is 11.3 Å². The Balaban J connectivity index is 1.24. The third-order valence-corrected chi connectivity index (χ3v) is 11.4. The maximum atomic E-state index is 12.6. The van der Waals surface area contributed by atoms with Crippen molar-refractivity contribution in [3.63, 3.8) is 0 Å². The number of nitrogens with one attached hydrogen (secondary N) is 1. The predicted octanol–water partition coefficient (Wildman–Crippen LogP) is 3.95. The van der Waals surface area contributed by atoms with Gasteiger partial charge >= 0.3 is 0 Å². The number of nitrogen functional groups attached to an aromatic ring is 1. The molecule has 3 N–H and O–H groups in total. The van der Waals surface area contributed by atoms with E-state index in [0.29, 0.717) is 59.6 Å². The summed E-state index contributed by atoms with van der Waals surface area (Å²) in [5, 5.41) is 18.5. The number of rotatable bonds is 7. The van der Waals surface area contributed by atoms with Gasteiger partial charge in [0.1, 0.15) is 22.7 Å². The lowest BCUT2D eigenvalue weighted by molar-refractivity contribution is -0.129. The monoisotopic (exact) mass is 628 g/mol. The number of hydrogen-bond donors (Lipinski definition) is 2. The number of likely N-dealkylation sites (tertiary alicyclic amines) is 1. The molecule has 2 aliphatic carbocycles. The molecule has 1 saturated carbocycles. The molecule has 0 radical (unpaired) electrons. The van der Waals surface area contributed by atoms with Crippen LogP contribution in [0, 0.1) is 11.3 Å². The van der Waals surface area contributed by atoms with Gasteiger partial charge in [-0.25, -0.2) is 9.97 Å². The molecule has 5 heterocycles. The molecule has 12 nitrogen and oxygen atoms in total. The first-order valence-corrected chi connectivity index (χ1v) is 16.7. The number of fused-ring (bicyclic) bond motifs is 1. The second-order valence-corrected chi connectivity index (χ2v) is 14.4. The van der Waals surface area contributed by atoms with E-state index in [1.54, 1.807) is 0 Å². The quantitative estimate of drug-likeness (QED) is 0.366. The molecule has 3 atom stereocenters. The van der Waals surface area contributed by atoms with Gasteiger partial charge in [0, 0.05) is 48.2 Å². The standard InChI is InChI=1S/C32H40N10O2S/c1-5-25(43)42-15-14-41(18-32(42)11-12-32)24-16-23(35-19(2)21-8-7-13-40(21)4)36-28(37-24)29-38-30(44-39-29)31(3)10-6-9-22-26(31)20(17-33)27(34)45-22/h5,16,19,21H,1,6-15,18,34H2,2-4H3,(H,35,36,37)/t19-,21-,31-/m0/s1. The number of nitrogens with zero attached hydrogens (tertiary/aromatic N) is 8. The van der Waals surface area contributed by atoms with E-state index in [1.807, 2.05) is 11.0 Å². The van der Waals surface area contributed by atoms with Crippen molar-refractivity contribution in [2.75, 3.05) is 49.2 Å². The van der Waals surface area contributed by atoms with Gasteiger partial charge in [-0.05, 0) is 78.5 Å². The first-order valence-electron chi connectivity index (χ1n) is 15.9. The van der Waals surface area contributed by atoms with Crippen molar-refractivity contribution < 1.29 is 9.32 Å². The van der Waals surface area contributed by atoms with Crippen molar-refractivity contribution >= 4 is 33.9 Å². The van der Waals surface area contributed by atoms with Crippen LogP contribution in [0.2, 0.25) is 0 Å². The Morgan fingerprint density at radius 2 is 2.07 bits per heavy atom. The van der Waals surface area contributed by atoms with Crippen molar-refractivity contribution in [1.82, 2.24) is 29.9 Å². The molecule has 3 aromatic heterocycles. The number of nitrogens with two attached hydrogens (primary N) is 1. The molecule has 3 aromatic rings. The number of likely N-dealkylation sites (N-methyl/N-ethyl adjacent to an activating group) is 1. The highest BCUT2D eigenvalue weighted by Crippen LogP contribution is 2.49. The van der Waals surface area contributed by atoms with Crippen LogP contribution in [0.5, 0.6) is 0 Å². The summed E-state index contributed by atoms with van der Waals surface area (Å²) in [7, 11) is 2.17. The third-order valence-electron chi connectivity index (χ3n) is 10.3. The molecule has 0 unspecified atom stereocenters. The zero-order valence-electron chi connectivity index (χ0n) is 26.2. The summed E-state index contributed by atoms with van der Waals surface area (Å²) in [4.78, 5) is 35.1. The molecule has 2 aliphatic heterocycles. The molecular weight excluding hydrogens is 588 g/mol. The van der Waals surface area contributed by atoms with Crippen molar-refractivity contribution in [2.45, 2.75) is 81.8 Å². The first-order chi connectivity index (χ1) is 21.7. The van der Waals surface area contributed by atoms with Gasteiger partial charge in [0.05, 0.1) is 16.5 Å². The Kier molecular flexibility index (Phi) is 7.32. The van der Waals surface area contributed by atoms with Crippen LogP contribution < -0.4 is 16.0 Å². The molecule has 0 aromatic carbocycles. The molecule has 45 heavy (non-hydrogen) atoms. The number of aryl methyl sites for hydroxylation is 1. The van der Waals surface area contributed by atoms with E-state index in [2.05, 4.69) is 53.8 Å². The number of thiophene rings is 1. The Hall–Kier alpha value is -4.02. The molecule has 13 heteroatoms. The number of nitriles is 1. The zero-order valence-corrected chi connectivity index (χ0v) is 27.0. The first kappa shape index (κ1) is 29.7. The van der Waals surface area contributed by atoms with Crippen LogP contribution >= 0.6 is 11.3 Å². The smallest absolute Gasteiger partial charge is 0.246 e. The zero-order chi connectivity index (χ0) is 31.5. The van der Waals surface area contributed by atoms with Crippen molar-refractivity contribution in [3.05, 3.63) is 40.6 Å². The van der Waals surface area contributed by atoms with Gasteiger partial charge in [-0.1, -0.05) is 11.7 Å². The second kappa shape index (κ2) is 11.1. The summed E-state index contributed by atoms with van der Waals surface area (Å²) in [5.41, 5.74) is 6.84. The molecular formula is C32H40N10O2S. The van der Waals surface area contributed by atoms with Crippen molar-refractivity contribution in [1.29, 1.82) is 5.26 Å². The van der Waals surface area contributed by atoms with Crippen LogP contribution in [0.15, 0.2) is 23.2 Å². The van der Waals surface area contributed by atoms with E-state index in [1.165, 1.54) is 23.8 Å². The van der Waals surface area contributed by atoms with Crippen LogP contribution in [-0.4, -0.2) is 86.7 Å². The average molecular weight is 629 g/mol. The fourth-order valence-electron chi connectivity index (χ4n) is 7.71. The summed E-state index contributed by atoms with van der Waals surface area (Å²) in [6.45, 7) is 11.0. The van der Waals surface area contributed by atoms with Gasteiger partial charge in [0.25, 0.3) is 0 Å². The number of anilines is 3. The highest BCUT2D eigenvalue weighted by atomic mass is 32.1. The lowest BCUT2D eigenvalue weighted by Crippen LogP contribution is -2.57. The Labute approximate surface area is 267 Å². The largest absolute Gasteiger partial charge is 0.389 e. The summed E-state index contributed by atoms with van der Waals surface area (Å²) in [5.74, 6) is 2.56.